The van der Waals surface area contributed by atoms with Crippen LogP contribution in [0.5, 0.6) is 0 Å². The van der Waals surface area contributed by atoms with E-state index in [4.69, 9.17) is 19.2 Å². The van der Waals surface area contributed by atoms with Crippen molar-refractivity contribution in [3.8, 4) is 0 Å². The molecule has 0 bridgehead atoms. The fraction of sp³-hybridized carbons (Fsp3) is 0. The summed E-state index contributed by atoms with van der Waals surface area (Å²) in [5, 5.41) is 0. The van der Waals surface area contributed by atoms with Crippen molar-refractivity contribution < 1.29 is 19.2 Å². The van der Waals surface area contributed by atoms with Crippen LogP contribution in [0.15, 0.2) is 0 Å². The average molecular weight is 256 g/mol. The first-order chi connectivity index (χ1) is 2.00. The average Bonchev–Trinajstić information content (AvgIpc) is 0.722. The molecule has 0 aromatic carbocycles. The van der Waals surface area contributed by atoms with E-state index in [1.54, 1.807) is 0 Å². The molecule has 0 saturated carbocycles. The van der Waals surface area contributed by atoms with E-state index in [0.29, 0.717) is 0 Å². The van der Waals surface area contributed by atoms with Crippen molar-refractivity contribution in [2.45, 2.75) is 0 Å². The van der Waals surface area contributed by atoms with Crippen LogP contribution in [0.2, 0.25) is 0 Å². The summed E-state index contributed by atoms with van der Waals surface area (Å²) in [6.45, 7) is 0. The molecule has 0 rings (SSSR count). The van der Waals surface area contributed by atoms with Gasteiger partial charge < -0.3 is 14.7 Å². The summed E-state index contributed by atoms with van der Waals surface area (Å²) in [5.41, 5.74) is 0. The van der Waals surface area contributed by atoms with Gasteiger partial charge in [0.05, 0.1) is 0 Å². The van der Waals surface area contributed by atoms with E-state index >= 15 is 0 Å². The molecule has 0 saturated heterocycles. The van der Waals surface area contributed by atoms with Gasteiger partial charge in [0.15, 0.2) is 0 Å². The number of rotatable bonds is 0. The molecule has 36 valence electrons. The summed E-state index contributed by atoms with van der Waals surface area (Å²) in [6.07, 6.45) is 0. The number of hydrogen-bond acceptors (Lipinski definition) is 1. The van der Waals surface area contributed by atoms with Crippen LogP contribution < -0.4 is 0 Å². The standard InChI is InChI=1S/Cs.Na.H3O4P.2H/c;;1-5(2,3)4;;/h;;(H3,1,2,3,4);;. The molecule has 0 heterocycles. The monoisotopic (exact) mass is 256 g/mol. The van der Waals surface area contributed by atoms with Crippen LogP contribution >= 0.6 is 7.82 Å². The Morgan fingerprint density at radius 2 is 1.14 bits per heavy atom. The van der Waals surface area contributed by atoms with Crippen molar-refractivity contribution >= 4 is 106 Å². The van der Waals surface area contributed by atoms with Gasteiger partial charge in [-0.1, -0.05) is 0 Å². The Bertz CT molecular complexity index is 57.8. The van der Waals surface area contributed by atoms with E-state index in [1.165, 1.54) is 0 Å². The third-order valence-corrected chi connectivity index (χ3v) is 0. The first-order valence-corrected chi connectivity index (χ1v) is 2.35. The van der Waals surface area contributed by atoms with Crippen LogP contribution in [0, 0.1) is 0 Å². The van der Waals surface area contributed by atoms with Gasteiger partial charge in [0.1, 0.15) is 0 Å². The van der Waals surface area contributed by atoms with Gasteiger partial charge in [0.25, 0.3) is 0 Å². The molecule has 3 N–H and O–H groups in total. The summed E-state index contributed by atoms with van der Waals surface area (Å²) in [6, 6.07) is 0. The first-order valence-electron chi connectivity index (χ1n) is 0.783. The van der Waals surface area contributed by atoms with Crippen molar-refractivity contribution in [1.29, 1.82) is 0 Å². The third kappa shape index (κ3) is 47.0. The van der Waals surface area contributed by atoms with E-state index in [0.717, 1.165) is 0 Å². The van der Waals surface area contributed by atoms with Gasteiger partial charge in [0, 0.05) is 0 Å². The molecule has 0 aromatic rings. The summed E-state index contributed by atoms with van der Waals surface area (Å²) >= 11 is 0. The van der Waals surface area contributed by atoms with Crippen molar-refractivity contribution in [3.05, 3.63) is 0 Å². The van der Waals surface area contributed by atoms with E-state index < -0.39 is 7.82 Å². The minimum atomic E-state index is -4.64. The quantitative estimate of drug-likeness (QED) is 0.338. The van der Waals surface area contributed by atoms with Crippen LogP contribution in [0.1, 0.15) is 0 Å². The molecular weight excluding hydrogens is 251 g/mol. The normalized spacial score (nSPS) is 8.43. The van der Waals surface area contributed by atoms with Gasteiger partial charge in [-0.2, -0.15) is 0 Å². The molecular formula is H5CsNaO4P. The molecule has 0 amide bonds. The molecule has 0 atom stereocenters. The van der Waals surface area contributed by atoms with E-state index in [9.17, 15) is 0 Å². The second-order valence-electron chi connectivity index (χ2n) is 0.513. The fourth-order valence-electron chi connectivity index (χ4n) is 0. The molecule has 7 heteroatoms. The van der Waals surface area contributed by atoms with Gasteiger partial charge in [-0.15, -0.1) is 0 Å². The summed E-state index contributed by atoms with van der Waals surface area (Å²) in [5.74, 6) is 0. The van der Waals surface area contributed by atoms with Gasteiger partial charge in [-0.3, -0.25) is 0 Å². The predicted octanol–water partition coefficient (Wildman–Crippen LogP) is -2.23. The Morgan fingerprint density at radius 3 is 1.14 bits per heavy atom. The molecule has 0 aliphatic rings. The fourth-order valence-corrected chi connectivity index (χ4v) is 0. The van der Waals surface area contributed by atoms with Crippen molar-refractivity contribution in [2.75, 3.05) is 0 Å². The first kappa shape index (κ1) is 16.6. The Labute approximate surface area is 122 Å². The third-order valence-electron chi connectivity index (χ3n) is 0. The Balaban J connectivity index is -0.0000000800. The molecule has 0 unspecified atom stereocenters. The molecule has 0 fully saturated rings. The summed E-state index contributed by atoms with van der Waals surface area (Å²) < 4.78 is 8.88. The van der Waals surface area contributed by atoms with Crippen LogP contribution in [-0.2, 0) is 4.57 Å². The minimum absolute atomic E-state index is 0. The molecule has 4 nitrogen and oxygen atoms in total. The Kier molecular flexibility index (Phi) is 17.3. The summed E-state index contributed by atoms with van der Waals surface area (Å²) in [7, 11) is -4.64. The van der Waals surface area contributed by atoms with Crippen molar-refractivity contribution in [1.82, 2.24) is 0 Å². The van der Waals surface area contributed by atoms with Gasteiger partial charge >= 0.3 is 106 Å². The van der Waals surface area contributed by atoms with Crippen LogP contribution in [0.3, 0.4) is 0 Å². The SMILES string of the molecule is O=P(O)(O)O.[CsH].[NaH]. The van der Waals surface area contributed by atoms with Gasteiger partial charge in [-0.25, -0.2) is 4.57 Å². The van der Waals surface area contributed by atoms with E-state index in [1.807, 2.05) is 0 Å². The van der Waals surface area contributed by atoms with Crippen LogP contribution in [0.4, 0.5) is 0 Å². The molecule has 0 radical (unpaired) electrons. The van der Waals surface area contributed by atoms with E-state index in [-0.39, 0.29) is 98.5 Å². The zero-order valence-corrected chi connectivity index (χ0v) is 3.09. The van der Waals surface area contributed by atoms with Crippen LogP contribution in [0.25, 0.3) is 0 Å². The zero-order valence-electron chi connectivity index (χ0n) is 2.20. The van der Waals surface area contributed by atoms with Crippen molar-refractivity contribution in [3.63, 3.8) is 0 Å². The van der Waals surface area contributed by atoms with Crippen molar-refractivity contribution in [2.24, 2.45) is 0 Å². The molecule has 0 spiro atoms. The predicted molar refractivity (Wildman–Crippen MR) is 28.6 cm³/mol. The van der Waals surface area contributed by atoms with E-state index in [2.05, 4.69) is 0 Å². The topological polar surface area (TPSA) is 77.8 Å². The second kappa shape index (κ2) is 7.27. The Morgan fingerprint density at radius 1 is 1.14 bits per heavy atom. The second-order valence-corrected chi connectivity index (χ2v) is 1.54. The maximum atomic E-state index is 8.88. The number of phosphoric acid groups is 1. The molecule has 0 aliphatic carbocycles. The molecule has 0 aliphatic heterocycles. The number of hydrogen-bond donors (Lipinski definition) is 3. The Hall–Kier alpha value is 3.16. The molecule has 7 heavy (non-hydrogen) atoms. The summed E-state index contributed by atoms with van der Waals surface area (Å²) in [4.78, 5) is 21.6. The zero-order chi connectivity index (χ0) is 4.50. The van der Waals surface area contributed by atoms with Gasteiger partial charge in [0.2, 0.25) is 0 Å². The van der Waals surface area contributed by atoms with Gasteiger partial charge in [-0.05, 0) is 0 Å². The van der Waals surface area contributed by atoms with Crippen LogP contribution in [-0.4, -0.2) is 113 Å². The maximum absolute atomic E-state index is 8.88. The molecule has 0 aromatic heterocycles.